The van der Waals surface area contributed by atoms with Crippen LogP contribution in [-0.2, 0) is 18.4 Å². The van der Waals surface area contributed by atoms with E-state index in [4.69, 9.17) is 14.8 Å². The van der Waals surface area contributed by atoms with Gasteiger partial charge in [-0.25, -0.2) is 4.57 Å². The van der Waals surface area contributed by atoms with Crippen molar-refractivity contribution in [2.75, 3.05) is 19.8 Å². The van der Waals surface area contributed by atoms with Crippen molar-refractivity contribution in [1.82, 2.24) is 5.32 Å². The molecule has 334 valence electrons. The number of phosphoric ester groups is 1. The summed E-state index contributed by atoms with van der Waals surface area (Å²) in [6.07, 6.45) is 44.0. The summed E-state index contributed by atoms with van der Waals surface area (Å²) in [5.41, 5.74) is 5.38. The van der Waals surface area contributed by atoms with Gasteiger partial charge in [-0.05, 0) is 38.5 Å². The van der Waals surface area contributed by atoms with Gasteiger partial charge in [0.1, 0.15) is 0 Å². The Morgan fingerprint density at radius 3 is 1.38 bits per heavy atom. The Balaban J connectivity index is 4.20. The van der Waals surface area contributed by atoms with E-state index in [1.54, 1.807) is 0 Å². The van der Waals surface area contributed by atoms with Crippen LogP contribution in [0.3, 0.4) is 0 Å². The van der Waals surface area contributed by atoms with E-state index in [1.807, 2.05) is 0 Å². The van der Waals surface area contributed by atoms with Crippen LogP contribution in [0, 0.1) is 0 Å². The van der Waals surface area contributed by atoms with Gasteiger partial charge in [-0.2, -0.15) is 0 Å². The van der Waals surface area contributed by atoms with Gasteiger partial charge in [0.2, 0.25) is 5.91 Å². The Bertz CT molecular complexity index is 909. The second-order valence-corrected chi connectivity index (χ2v) is 18.0. The molecule has 0 saturated carbocycles. The first-order valence-electron chi connectivity index (χ1n) is 23.9. The fourth-order valence-corrected chi connectivity index (χ4v) is 8.05. The highest BCUT2D eigenvalue weighted by Crippen LogP contribution is 2.43. The van der Waals surface area contributed by atoms with E-state index in [9.17, 15) is 24.5 Å². The van der Waals surface area contributed by atoms with E-state index in [2.05, 4.69) is 31.3 Å². The van der Waals surface area contributed by atoms with Gasteiger partial charge >= 0.3 is 7.82 Å². The molecule has 0 bridgehead atoms. The van der Waals surface area contributed by atoms with E-state index in [0.29, 0.717) is 12.8 Å². The molecule has 0 aromatic carbocycles. The molecular weight excluding hydrogens is 723 g/mol. The van der Waals surface area contributed by atoms with E-state index >= 15 is 0 Å². The van der Waals surface area contributed by atoms with Crippen molar-refractivity contribution >= 4 is 13.7 Å². The number of aliphatic hydroxyl groups excluding tert-OH is 2. The van der Waals surface area contributed by atoms with Crippen LogP contribution in [0.4, 0.5) is 0 Å². The molecular formula is C46H93N2O7P. The number of aliphatic hydroxyl groups is 2. The molecule has 0 aliphatic carbocycles. The molecule has 0 aliphatic rings. The van der Waals surface area contributed by atoms with Crippen LogP contribution in [0.1, 0.15) is 239 Å². The highest BCUT2D eigenvalue weighted by atomic mass is 31.2. The zero-order valence-electron chi connectivity index (χ0n) is 36.8. The average Bonchev–Trinajstić information content (AvgIpc) is 3.17. The molecule has 0 aromatic heterocycles. The molecule has 0 saturated heterocycles. The van der Waals surface area contributed by atoms with Crippen LogP contribution < -0.4 is 11.1 Å². The third-order valence-electron chi connectivity index (χ3n) is 10.9. The molecule has 0 heterocycles. The topological polar surface area (TPSA) is 151 Å². The first kappa shape index (κ1) is 55.2. The lowest BCUT2D eigenvalue weighted by atomic mass is 10.0. The molecule has 6 N–H and O–H groups in total. The van der Waals surface area contributed by atoms with Crippen LogP contribution in [0.5, 0.6) is 0 Å². The number of nitrogens with two attached hydrogens (primary N) is 1. The van der Waals surface area contributed by atoms with Gasteiger partial charge in [0.25, 0.3) is 0 Å². The Morgan fingerprint density at radius 1 is 0.589 bits per heavy atom. The third-order valence-corrected chi connectivity index (χ3v) is 11.9. The molecule has 0 aliphatic heterocycles. The molecule has 4 unspecified atom stereocenters. The number of amides is 1. The number of hydrogen-bond acceptors (Lipinski definition) is 7. The molecule has 0 fully saturated rings. The lowest BCUT2D eigenvalue weighted by molar-refractivity contribution is -0.125. The lowest BCUT2D eigenvalue weighted by Gasteiger charge is -2.25. The van der Waals surface area contributed by atoms with Gasteiger partial charge in [0.15, 0.2) is 0 Å². The van der Waals surface area contributed by atoms with Crippen LogP contribution in [0.25, 0.3) is 0 Å². The van der Waals surface area contributed by atoms with Crippen molar-refractivity contribution in [3.05, 3.63) is 12.2 Å². The van der Waals surface area contributed by atoms with Crippen molar-refractivity contribution in [1.29, 1.82) is 0 Å². The first-order valence-corrected chi connectivity index (χ1v) is 25.4. The highest BCUT2D eigenvalue weighted by Gasteiger charge is 2.28. The summed E-state index contributed by atoms with van der Waals surface area (Å²) in [5.74, 6) is -0.415. The van der Waals surface area contributed by atoms with E-state index in [0.717, 1.165) is 44.9 Å². The predicted octanol–water partition coefficient (Wildman–Crippen LogP) is 12.5. The second kappa shape index (κ2) is 42.3. The molecule has 1 amide bonds. The Labute approximate surface area is 346 Å². The third kappa shape index (κ3) is 40.0. The zero-order chi connectivity index (χ0) is 41.2. The maximum atomic E-state index is 12.9. The summed E-state index contributed by atoms with van der Waals surface area (Å²) < 4.78 is 22.2. The molecule has 4 atom stereocenters. The fourth-order valence-electron chi connectivity index (χ4n) is 7.29. The predicted molar refractivity (Wildman–Crippen MR) is 237 cm³/mol. The fraction of sp³-hybridized carbons (Fsp3) is 0.935. The largest absolute Gasteiger partial charge is 0.472 e. The number of unbranched alkanes of at least 4 members (excludes halogenated alkanes) is 29. The van der Waals surface area contributed by atoms with Crippen LogP contribution in [0.2, 0.25) is 0 Å². The summed E-state index contributed by atoms with van der Waals surface area (Å²) in [6, 6.07) is -0.896. The van der Waals surface area contributed by atoms with Gasteiger partial charge in [0.05, 0.1) is 37.9 Å². The molecule has 0 rings (SSSR count). The van der Waals surface area contributed by atoms with Crippen molar-refractivity contribution in [3.63, 3.8) is 0 Å². The monoisotopic (exact) mass is 817 g/mol. The molecule has 0 spiro atoms. The maximum Gasteiger partial charge on any atom is 0.472 e. The smallest absolute Gasteiger partial charge is 0.393 e. The van der Waals surface area contributed by atoms with E-state index in [1.165, 1.54) is 161 Å². The standard InChI is InChI=1S/C46H93N2O7P/c1-3-5-7-9-11-13-15-17-19-20-21-22-24-26-28-30-32-34-36-38-45(50)44(42-55-56(52,53)54-40-39-47)48-46(51)41-43(49)37-35-33-31-29-27-25-23-18-16-14-12-10-8-6-4-2/h18,23,43-45,49-50H,3-17,19-22,24-42,47H2,1-2H3,(H,48,51)(H,52,53)/b23-18-. The summed E-state index contributed by atoms with van der Waals surface area (Å²) in [5, 5.41) is 24.2. The minimum atomic E-state index is -4.38. The van der Waals surface area contributed by atoms with Crippen molar-refractivity contribution in [2.24, 2.45) is 5.73 Å². The summed E-state index contributed by atoms with van der Waals surface area (Å²) in [4.78, 5) is 22.8. The molecule has 10 heteroatoms. The summed E-state index contributed by atoms with van der Waals surface area (Å²) >= 11 is 0. The summed E-state index contributed by atoms with van der Waals surface area (Å²) in [7, 11) is -4.38. The number of hydrogen-bond donors (Lipinski definition) is 5. The van der Waals surface area contributed by atoms with Crippen molar-refractivity contribution in [2.45, 2.75) is 257 Å². The number of carbonyl (C=O) groups is 1. The molecule has 0 aromatic rings. The van der Waals surface area contributed by atoms with Crippen molar-refractivity contribution < 1.29 is 33.5 Å². The molecule has 56 heavy (non-hydrogen) atoms. The quantitative estimate of drug-likeness (QED) is 0.0231. The second-order valence-electron chi connectivity index (χ2n) is 16.5. The number of phosphoric acid groups is 1. The van der Waals surface area contributed by atoms with E-state index in [-0.39, 0.29) is 26.2 Å². The van der Waals surface area contributed by atoms with Gasteiger partial charge in [-0.15, -0.1) is 0 Å². The minimum Gasteiger partial charge on any atom is -0.393 e. The normalized spacial score (nSPS) is 14.6. The SMILES string of the molecule is CCCCCCCC/C=C\CCCCCCCC(O)CC(=O)NC(COP(=O)(O)OCCN)C(O)CCCCCCCCCCCCCCCCCCCCC. The Hall–Kier alpha value is -0.800. The first-order chi connectivity index (χ1) is 27.3. The van der Waals surface area contributed by atoms with Gasteiger partial charge in [-0.1, -0.05) is 206 Å². The zero-order valence-corrected chi connectivity index (χ0v) is 37.7. The minimum absolute atomic E-state index is 0.0602. The number of nitrogens with one attached hydrogen (secondary N) is 1. The Morgan fingerprint density at radius 2 is 0.964 bits per heavy atom. The Kier molecular flexibility index (Phi) is 41.7. The van der Waals surface area contributed by atoms with Gasteiger partial charge < -0.3 is 26.2 Å². The number of allylic oxidation sites excluding steroid dienone is 2. The summed E-state index contributed by atoms with van der Waals surface area (Å²) in [6.45, 7) is 4.06. The van der Waals surface area contributed by atoms with E-state index < -0.39 is 32.0 Å². The molecule has 9 nitrogen and oxygen atoms in total. The van der Waals surface area contributed by atoms with Gasteiger partial charge in [0, 0.05) is 6.54 Å². The van der Waals surface area contributed by atoms with Crippen molar-refractivity contribution in [3.8, 4) is 0 Å². The van der Waals surface area contributed by atoms with Crippen LogP contribution >= 0.6 is 7.82 Å². The lowest BCUT2D eigenvalue weighted by Crippen LogP contribution is -2.47. The van der Waals surface area contributed by atoms with Crippen LogP contribution in [0.15, 0.2) is 12.2 Å². The molecule has 0 radical (unpaired) electrons. The average molecular weight is 817 g/mol. The number of carbonyl (C=O) groups excluding carboxylic acids is 1. The maximum absolute atomic E-state index is 12.9. The highest BCUT2D eigenvalue weighted by molar-refractivity contribution is 7.47. The van der Waals surface area contributed by atoms with Crippen LogP contribution in [-0.4, -0.2) is 59.0 Å². The van der Waals surface area contributed by atoms with Gasteiger partial charge in [-0.3, -0.25) is 13.8 Å². The number of rotatable bonds is 45.